The third kappa shape index (κ3) is 87.7. The Morgan fingerprint density at radius 1 is 0.212 bits per heavy atom. The molecule has 17 nitrogen and oxygen atoms in total. The van der Waals surface area contributed by atoms with Crippen molar-refractivity contribution in [2.75, 3.05) is 39.6 Å². The zero-order chi connectivity index (χ0) is 82.4. The highest BCUT2D eigenvalue weighted by molar-refractivity contribution is 7.47. The van der Waals surface area contributed by atoms with E-state index in [2.05, 4.69) is 27.7 Å². The number of rotatable bonds is 95. The van der Waals surface area contributed by atoms with Crippen LogP contribution in [0.15, 0.2) is 0 Å². The summed E-state index contributed by atoms with van der Waals surface area (Å²) in [6, 6.07) is 0. The number of unbranched alkanes of at least 4 members (excludes halogenated alkanes) is 69. The van der Waals surface area contributed by atoms with E-state index in [0.29, 0.717) is 25.7 Å². The van der Waals surface area contributed by atoms with Crippen molar-refractivity contribution >= 4 is 39.5 Å². The zero-order valence-corrected chi connectivity index (χ0v) is 76.2. The standard InChI is InChI=1S/C94H184O17P2/c1-5-9-13-17-21-25-29-32-35-38-41-44-46-49-52-55-58-61-65-69-73-77-81-94(99)111-90(85-105-92(97)79-75-71-67-63-59-56-53-50-48-45-42-39-36-33-30-26-22-18-14-10-6-2)87-109-113(102,103)107-83-88(95)82-106-112(100,101)108-86-89(84-104-91(96)78-74-70-66-62-28-24-20-16-12-8-4)110-93(98)80-76-72-68-64-60-57-54-51-47-43-40-37-34-31-27-23-19-15-11-7-3/h88-90,95H,5-87H2,1-4H3,(H,100,101)(H,102,103)/t88-,89+,90+/m0/s1. The lowest BCUT2D eigenvalue weighted by Crippen LogP contribution is -2.30. The van der Waals surface area contributed by atoms with E-state index in [-0.39, 0.29) is 25.7 Å². The third-order valence-electron chi connectivity index (χ3n) is 22.4. The van der Waals surface area contributed by atoms with Crippen molar-refractivity contribution in [3.8, 4) is 0 Å². The van der Waals surface area contributed by atoms with Gasteiger partial charge in [-0.2, -0.15) is 0 Å². The average molecular weight is 1650 g/mol. The lowest BCUT2D eigenvalue weighted by molar-refractivity contribution is -0.161. The number of esters is 4. The van der Waals surface area contributed by atoms with Gasteiger partial charge in [0.05, 0.1) is 26.4 Å². The Bertz CT molecular complexity index is 2120. The predicted molar refractivity (Wildman–Crippen MR) is 469 cm³/mol. The second kappa shape index (κ2) is 87.9. The minimum atomic E-state index is -4.97. The summed E-state index contributed by atoms with van der Waals surface area (Å²) in [6.45, 7) is 5.09. The molecule has 0 saturated carbocycles. The maximum Gasteiger partial charge on any atom is 0.472 e. The molecule has 672 valence electrons. The van der Waals surface area contributed by atoms with E-state index in [1.807, 2.05) is 0 Å². The Hall–Kier alpha value is -1.94. The summed E-state index contributed by atoms with van der Waals surface area (Å²) in [5, 5.41) is 10.7. The van der Waals surface area contributed by atoms with Gasteiger partial charge in [-0.05, 0) is 25.7 Å². The van der Waals surface area contributed by atoms with Crippen LogP contribution < -0.4 is 0 Å². The molecule has 5 atom stereocenters. The summed E-state index contributed by atoms with van der Waals surface area (Å²) in [6.07, 6.45) is 86.4. The minimum absolute atomic E-state index is 0.110. The topological polar surface area (TPSA) is 237 Å². The molecule has 0 saturated heterocycles. The molecule has 0 radical (unpaired) electrons. The van der Waals surface area contributed by atoms with Crippen LogP contribution in [0.4, 0.5) is 0 Å². The second-order valence-electron chi connectivity index (χ2n) is 33.8. The van der Waals surface area contributed by atoms with Gasteiger partial charge in [0.2, 0.25) is 0 Å². The van der Waals surface area contributed by atoms with E-state index < -0.39 is 97.5 Å². The Balaban J connectivity index is 5.20. The molecule has 0 bridgehead atoms. The number of hydrogen-bond donors (Lipinski definition) is 3. The van der Waals surface area contributed by atoms with Gasteiger partial charge < -0.3 is 33.8 Å². The van der Waals surface area contributed by atoms with Crippen LogP contribution in [0.1, 0.15) is 522 Å². The van der Waals surface area contributed by atoms with Gasteiger partial charge in [-0.25, -0.2) is 9.13 Å². The van der Waals surface area contributed by atoms with Crippen molar-refractivity contribution in [2.45, 2.75) is 540 Å². The first kappa shape index (κ1) is 111. The largest absolute Gasteiger partial charge is 0.472 e. The van der Waals surface area contributed by atoms with Crippen LogP contribution in [0, 0.1) is 0 Å². The minimum Gasteiger partial charge on any atom is -0.462 e. The molecular formula is C94H184O17P2. The molecule has 0 aliphatic rings. The number of ether oxygens (including phenoxy) is 4. The van der Waals surface area contributed by atoms with Crippen LogP contribution in [0.25, 0.3) is 0 Å². The summed E-state index contributed by atoms with van der Waals surface area (Å²) in [5.41, 5.74) is 0. The van der Waals surface area contributed by atoms with E-state index in [4.69, 9.17) is 37.0 Å². The molecule has 0 fully saturated rings. The number of hydrogen-bond acceptors (Lipinski definition) is 15. The van der Waals surface area contributed by atoms with Crippen molar-refractivity contribution in [1.82, 2.24) is 0 Å². The van der Waals surface area contributed by atoms with Gasteiger partial charge in [0.25, 0.3) is 0 Å². The highest BCUT2D eigenvalue weighted by atomic mass is 31.2. The number of carbonyl (C=O) groups is 4. The first-order valence-electron chi connectivity index (χ1n) is 48.8. The normalized spacial score (nSPS) is 13.6. The molecule has 0 spiro atoms. The fraction of sp³-hybridized carbons (Fsp3) is 0.957. The molecule has 0 amide bonds. The van der Waals surface area contributed by atoms with Gasteiger partial charge in [0.1, 0.15) is 19.3 Å². The SMILES string of the molecule is CCCCCCCCCCCCCCCCCCCCCCCCC(=O)O[C@H](COC(=O)CCCCCCCCCCCCCCCCCCCCCCC)COP(=O)(O)OC[C@@H](O)COP(=O)(O)OC[C@@H](COC(=O)CCCCCCCCCCCC)OC(=O)CCCCCCCCCCCCCCCCCCCCCC. The molecule has 3 N–H and O–H groups in total. The van der Waals surface area contributed by atoms with Crippen LogP contribution >= 0.6 is 15.6 Å². The summed E-state index contributed by atoms with van der Waals surface area (Å²) in [4.78, 5) is 73.5. The molecule has 0 aromatic carbocycles. The van der Waals surface area contributed by atoms with Crippen molar-refractivity contribution in [3.63, 3.8) is 0 Å². The number of carbonyl (C=O) groups excluding carboxylic acids is 4. The Labute approximate surface area is 696 Å². The van der Waals surface area contributed by atoms with Crippen LogP contribution in [0.3, 0.4) is 0 Å². The Morgan fingerprint density at radius 2 is 0.354 bits per heavy atom. The van der Waals surface area contributed by atoms with Crippen LogP contribution in [0.2, 0.25) is 0 Å². The van der Waals surface area contributed by atoms with Crippen LogP contribution in [0.5, 0.6) is 0 Å². The summed E-state index contributed by atoms with van der Waals surface area (Å²) in [7, 11) is -9.94. The van der Waals surface area contributed by atoms with Crippen molar-refractivity contribution < 1.29 is 80.2 Å². The van der Waals surface area contributed by atoms with Crippen LogP contribution in [-0.4, -0.2) is 96.7 Å². The molecule has 0 aliphatic heterocycles. The van der Waals surface area contributed by atoms with Crippen LogP contribution in [-0.2, 0) is 65.4 Å². The highest BCUT2D eigenvalue weighted by Crippen LogP contribution is 2.45. The van der Waals surface area contributed by atoms with E-state index >= 15 is 0 Å². The first-order chi connectivity index (χ1) is 55.2. The number of aliphatic hydroxyl groups excluding tert-OH is 1. The number of phosphoric acid groups is 2. The van der Waals surface area contributed by atoms with E-state index in [9.17, 15) is 43.2 Å². The zero-order valence-electron chi connectivity index (χ0n) is 74.4. The van der Waals surface area contributed by atoms with Gasteiger partial charge in [-0.3, -0.25) is 37.3 Å². The smallest absolute Gasteiger partial charge is 0.462 e. The number of phosphoric ester groups is 2. The fourth-order valence-corrected chi connectivity index (χ4v) is 16.5. The van der Waals surface area contributed by atoms with Gasteiger partial charge >= 0.3 is 39.5 Å². The van der Waals surface area contributed by atoms with Gasteiger partial charge in [-0.15, -0.1) is 0 Å². The molecule has 2 unspecified atom stereocenters. The molecule has 0 aromatic heterocycles. The maximum absolute atomic E-state index is 13.2. The first-order valence-corrected chi connectivity index (χ1v) is 51.8. The monoisotopic (exact) mass is 1650 g/mol. The molecular weight excluding hydrogens is 1460 g/mol. The van der Waals surface area contributed by atoms with Gasteiger partial charge in [-0.1, -0.05) is 471 Å². The Kier molecular flexibility index (Phi) is 86.4. The highest BCUT2D eigenvalue weighted by Gasteiger charge is 2.31. The summed E-state index contributed by atoms with van der Waals surface area (Å²) < 4.78 is 69.1. The average Bonchev–Trinajstić information content (AvgIpc) is 0.902. The number of aliphatic hydroxyl groups is 1. The van der Waals surface area contributed by atoms with Crippen molar-refractivity contribution in [2.24, 2.45) is 0 Å². The van der Waals surface area contributed by atoms with Gasteiger partial charge in [0, 0.05) is 25.7 Å². The van der Waals surface area contributed by atoms with Gasteiger partial charge in [0.15, 0.2) is 12.2 Å². The second-order valence-corrected chi connectivity index (χ2v) is 36.7. The quantitative estimate of drug-likeness (QED) is 0.0222. The molecule has 0 heterocycles. The summed E-state index contributed by atoms with van der Waals surface area (Å²) in [5.74, 6) is -2.09. The Morgan fingerprint density at radius 3 is 0.522 bits per heavy atom. The summed E-state index contributed by atoms with van der Waals surface area (Å²) >= 11 is 0. The fourth-order valence-electron chi connectivity index (χ4n) is 14.9. The predicted octanol–water partition coefficient (Wildman–Crippen LogP) is 29.6. The lowest BCUT2D eigenvalue weighted by Gasteiger charge is -2.21. The molecule has 0 aromatic rings. The van der Waals surface area contributed by atoms with Crippen molar-refractivity contribution in [1.29, 1.82) is 0 Å². The van der Waals surface area contributed by atoms with E-state index in [0.717, 1.165) is 89.9 Å². The molecule has 0 aliphatic carbocycles. The van der Waals surface area contributed by atoms with E-state index in [1.54, 1.807) is 0 Å². The van der Waals surface area contributed by atoms with Crippen molar-refractivity contribution in [3.05, 3.63) is 0 Å². The molecule has 0 rings (SSSR count). The third-order valence-corrected chi connectivity index (χ3v) is 24.3. The molecule has 113 heavy (non-hydrogen) atoms. The van der Waals surface area contributed by atoms with E-state index in [1.165, 1.54) is 353 Å². The molecule has 19 heteroatoms. The lowest BCUT2D eigenvalue weighted by atomic mass is 10.0. The maximum atomic E-state index is 13.2.